The summed E-state index contributed by atoms with van der Waals surface area (Å²) in [7, 11) is 0. The van der Waals surface area contributed by atoms with Crippen LogP contribution in [0.25, 0.3) is 0 Å². The van der Waals surface area contributed by atoms with Crippen LogP contribution < -0.4 is 0 Å². The number of ether oxygens (including phenoxy) is 4. The van der Waals surface area contributed by atoms with Gasteiger partial charge in [0.25, 0.3) is 5.92 Å². The first kappa shape index (κ1) is 32.2. The fraction of sp³-hybridized carbons (Fsp3) is 0.676. The average molecular weight is 605 g/mol. The van der Waals surface area contributed by atoms with E-state index in [1.54, 1.807) is 6.92 Å². The van der Waals surface area contributed by atoms with E-state index >= 15 is 8.78 Å². The molecule has 2 bridgehead atoms. The second kappa shape index (κ2) is 12.0. The molecule has 2 fully saturated rings. The number of aliphatic hydroxyl groups is 2. The van der Waals surface area contributed by atoms with Crippen molar-refractivity contribution in [1.82, 2.24) is 0 Å². The van der Waals surface area contributed by atoms with Crippen molar-refractivity contribution in [2.45, 2.75) is 115 Å². The van der Waals surface area contributed by atoms with Crippen LogP contribution in [0.5, 0.6) is 0 Å². The highest BCUT2D eigenvalue weighted by atomic mass is 19.3. The number of rotatable bonds is 2. The number of esters is 1. The van der Waals surface area contributed by atoms with Gasteiger partial charge in [-0.2, -0.15) is 0 Å². The van der Waals surface area contributed by atoms with Crippen LogP contribution in [0.1, 0.15) is 67.2 Å². The molecule has 1 unspecified atom stereocenters. The van der Waals surface area contributed by atoms with Gasteiger partial charge >= 0.3 is 5.97 Å². The predicted octanol–water partition coefficient (Wildman–Crippen LogP) is 5.58. The fourth-order valence-corrected chi connectivity index (χ4v) is 7.11. The maximum absolute atomic E-state index is 15.5. The molecule has 7 nitrogen and oxygen atoms in total. The largest absolute Gasteiger partial charge is 0.462 e. The van der Waals surface area contributed by atoms with E-state index in [9.17, 15) is 15.0 Å². The van der Waals surface area contributed by atoms with Gasteiger partial charge in [0.05, 0.1) is 18.8 Å². The molecule has 0 aromatic carbocycles. The van der Waals surface area contributed by atoms with Crippen molar-refractivity contribution in [1.29, 1.82) is 0 Å². The van der Waals surface area contributed by atoms with Gasteiger partial charge in [-0.15, -0.1) is 0 Å². The first-order valence-electron chi connectivity index (χ1n) is 15.6. The normalized spacial score (nSPS) is 46.9. The van der Waals surface area contributed by atoms with Gasteiger partial charge in [0, 0.05) is 24.7 Å². The maximum Gasteiger partial charge on any atom is 0.316 e. The lowest BCUT2D eigenvalue weighted by Crippen LogP contribution is -2.58. The van der Waals surface area contributed by atoms with Gasteiger partial charge in [0.15, 0.2) is 5.79 Å². The standard InChI is InChI=1S/C34H46F2O7/c1-7-19(2)29-20(3)13-14-32(43-29)17-26-16-25(42-32)12-11-23(6)34(35,36)22(5)9-8-10-24-18-40-30-28(37)21(4)15-27(31(38)41-26)33(24,30)39/h8-11,13-15,19-20,22,25-30,37,39H,7,12,16-18H2,1-6H3/b9-8+,23-11+,24-10+/t19?,20-,22-,25+,26-,27-,28+,29+,30+,32+,33+/m0/s1. The van der Waals surface area contributed by atoms with Gasteiger partial charge in [0.1, 0.15) is 29.8 Å². The van der Waals surface area contributed by atoms with Crippen molar-refractivity contribution in [3.8, 4) is 0 Å². The van der Waals surface area contributed by atoms with Crippen LogP contribution >= 0.6 is 0 Å². The number of aliphatic hydroxyl groups excluding tert-OH is 1. The Labute approximate surface area is 253 Å². The number of hydrogen-bond donors (Lipinski definition) is 2. The molecular formula is C34H46F2O7. The van der Waals surface area contributed by atoms with E-state index in [-0.39, 0.29) is 49.4 Å². The van der Waals surface area contributed by atoms with Crippen molar-refractivity contribution in [3.63, 3.8) is 0 Å². The Hall–Kier alpha value is -2.17. The lowest BCUT2D eigenvalue weighted by atomic mass is 9.71. The molecule has 0 amide bonds. The number of allylic oxidation sites excluding steroid dienone is 4. The molecular weight excluding hydrogens is 558 g/mol. The zero-order valence-corrected chi connectivity index (χ0v) is 26.0. The lowest BCUT2D eigenvalue weighted by Gasteiger charge is -2.48. The van der Waals surface area contributed by atoms with E-state index in [2.05, 4.69) is 26.8 Å². The molecule has 11 atom stereocenters. The summed E-state index contributed by atoms with van der Waals surface area (Å²) in [5.74, 6) is -6.88. The molecule has 0 aromatic rings. The van der Waals surface area contributed by atoms with E-state index in [1.807, 2.05) is 6.08 Å². The van der Waals surface area contributed by atoms with Crippen LogP contribution in [-0.4, -0.2) is 70.6 Å². The van der Waals surface area contributed by atoms with Crippen LogP contribution in [-0.2, 0) is 23.7 Å². The smallest absolute Gasteiger partial charge is 0.316 e. The molecule has 5 rings (SSSR count). The second-order valence-electron chi connectivity index (χ2n) is 13.2. The minimum absolute atomic E-state index is 0.0621. The van der Waals surface area contributed by atoms with Gasteiger partial charge in [-0.05, 0) is 49.0 Å². The van der Waals surface area contributed by atoms with Gasteiger partial charge in [0.2, 0.25) is 0 Å². The fourth-order valence-electron chi connectivity index (χ4n) is 7.11. The second-order valence-corrected chi connectivity index (χ2v) is 13.2. The first-order chi connectivity index (χ1) is 20.2. The molecule has 2 N–H and O–H groups in total. The van der Waals surface area contributed by atoms with E-state index < -0.39 is 59.5 Å². The van der Waals surface area contributed by atoms with E-state index in [0.29, 0.717) is 11.1 Å². The van der Waals surface area contributed by atoms with E-state index in [4.69, 9.17) is 18.9 Å². The summed E-state index contributed by atoms with van der Waals surface area (Å²) < 4.78 is 56.0. The number of carbonyl (C=O) groups is 1. The molecule has 5 aliphatic rings. The van der Waals surface area contributed by atoms with Crippen molar-refractivity contribution >= 4 is 5.97 Å². The Bertz CT molecular complexity index is 1240. The van der Waals surface area contributed by atoms with Gasteiger partial charge in [-0.1, -0.05) is 70.6 Å². The zero-order chi connectivity index (χ0) is 31.3. The summed E-state index contributed by atoms with van der Waals surface area (Å²) >= 11 is 0. The number of carbonyl (C=O) groups excluding carboxylic acids is 1. The van der Waals surface area contributed by atoms with Crippen molar-refractivity contribution in [2.75, 3.05) is 6.61 Å². The third kappa shape index (κ3) is 5.84. The summed E-state index contributed by atoms with van der Waals surface area (Å²) in [4.78, 5) is 13.9. The van der Waals surface area contributed by atoms with Crippen LogP contribution in [0.3, 0.4) is 0 Å². The summed E-state index contributed by atoms with van der Waals surface area (Å²) in [5.41, 5.74) is -1.17. The highest BCUT2D eigenvalue weighted by molar-refractivity contribution is 5.78. The van der Waals surface area contributed by atoms with Crippen molar-refractivity contribution < 1.29 is 42.7 Å². The summed E-state index contributed by atoms with van der Waals surface area (Å²) in [6.45, 7) is 10.8. The molecule has 43 heavy (non-hydrogen) atoms. The topological polar surface area (TPSA) is 94.5 Å². The van der Waals surface area contributed by atoms with Gasteiger partial charge < -0.3 is 29.2 Å². The lowest BCUT2D eigenvalue weighted by molar-refractivity contribution is -0.300. The third-order valence-electron chi connectivity index (χ3n) is 10.2. The van der Waals surface area contributed by atoms with Gasteiger partial charge in [-0.3, -0.25) is 4.79 Å². The van der Waals surface area contributed by atoms with E-state index in [1.165, 1.54) is 44.2 Å². The highest BCUT2D eigenvalue weighted by Gasteiger charge is 2.60. The minimum Gasteiger partial charge on any atom is -0.462 e. The number of hydrogen-bond acceptors (Lipinski definition) is 7. The first-order valence-corrected chi connectivity index (χ1v) is 15.6. The van der Waals surface area contributed by atoms with Crippen LogP contribution in [0.4, 0.5) is 8.78 Å². The Morgan fingerprint density at radius 2 is 1.88 bits per heavy atom. The molecule has 4 heterocycles. The van der Waals surface area contributed by atoms with E-state index in [0.717, 1.165) is 6.42 Å². The molecule has 0 radical (unpaired) electrons. The molecule has 0 aromatic heterocycles. The highest BCUT2D eigenvalue weighted by Crippen LogP contribution is 2.47. The molecule has 1 spiro atoms. The summed E-state index contributed by atoms with van der Waals surface area (Å²) in [6.07, 6.45) is 9.32. The summed E-state index contributed by atoms with van der Waals surface area (Å²) in [5, 5.41) is 22.9. The molecule has 0 saturated carbocycles. The zero-order valence-electron chi connectivity index (χ0n) is 26.0. The molecule has 9 heteroatoms. The SMILES string of the molecule is CCC(C)[C@H]1O[C@]2(C=C[C@@H]1C)C[C@@H]1C[C@@H](C/C=C(\C)C(F)(F)[C@@H](C)/C=C/C=C3\CO[C@@H]4[C@H](O)C(C)=C[C@@H](C(=O)O1)[C@]34O)O2. The van der Waals surface area contributed by atoms with Crippen LogP contribution in [0.15, 0.2) is 59.3 Å². The summed E-state index contributed by atoms with van der Waals surface area (Å²) in [6, 6.07) is 0. The quantitative estimate of drug-likeness (QED) is 0.314. The molecule has 4 aliphatic heterocycles. The Balaban J connectivity index is 1.57. The molecule has 238 valence electrons. The van der Waals surface area contributed by atoms with Gasteiger partial charge in [-0.25, -0.2) is 8.78 Å². The van der Waals surface area contributed by atoms with Crippen LogP contribution in [0.2, 0.25) is 0 Å². The predicted molar refractivity (Wildman–Crippen MR) is 157 cm³/mol. The maximum atomic E-state index is 15.5. The molecule has 1 aliphatic carbocycles. The number of halogens is 2. The number of fused-ring (bicyclic) bond motifs is 2. The Kier molecular flexibility index (Phi) is 8.97. The third-order valence-corrected chi connectivity index (χ3v) is 10.2. The Morgan fingerprint density at radius 3 is 2.60 bits per heavy atom. The van der Waals surface area contributed by atoms with Crippen LogP contribution in [0, 0.1) is 23.7 Å². The van der Waals surface area contributed by atoms with Crippen molar-refractivity contribution in [3.05, 3.63) is 59.3 Å². The number of alkyl halides is 2. The minimum atomic E-state index is -3.13. The van der Waals surface area contributed by atoms with Crippen molar-refractivity contribution in [2.24, 2.45) is 23.7 Å². The average Bonchev–Trinajstić information content (AvgIpc) is 3.30. The Morgan fingerprint density at radius 1 is 1.14 bits per heavy atom. The molecule has 2 saturated heterocycles. The monoisotopic (exact) mass is 604 g/mol.